The van der Waals surface area contributed by atoms with Gasteiger partial charge in [-0.3, -0.25) is 4.79 Å². The summed E-state index contributed by atoms with van der Waals surface area (Å²) in [5, 5.41) is 2.18. The van der Waals surface area contributed by atoms with E-state index < -0.39 is 5.91 Å². The lowest BCUT2D eigenvalue weighted by Gasteiger charge is -2.02. The van der Waals surface area contributed by atoms with E-state index in [-0.39, 0.29) is 6.42 Å². The Balaban J connectivity index is 2.32. The molecule has 18 heavy (non-hydrogen) atoms. The first kappa shape index (κ1) is 12.0. The molecule has 0 unspecified atom stereocenters. The lowest BCUT2D eigenvalue weighted by Crippen LogP contribution is -2.08. The molecule has 0 heterocycles. The molecule has 0 aliphatic heterocycles. The van der Waals surface area contributed by atoms with Gasteiger partial charge in [0.25, 0.3) is 0 Å². The molecule has 0 atom stereocenters. The van der Waals surface area contributed by atoms with Crippen LogP contribution < -0.4 is 10.5 Å². The van der Waals surface area contributed by atoms with Gasteiger partial charge >= 0.3 is 0 Å². The smallest absolute Gasteiger partial charge is 0.229 e. The van der Waals surface area contributed by atoms with Crippen molar-refractivity contribution in [3.8, 4) is 17.6 Å². The maximum Gasteiger partial charge on any atom is 0.229 e. The Morgan fingerprint density at radius 2 is 1.94 bits per heavy atom. The molecule has 2 aromatic rings. The Kier molecular flexibility index (Phi) is 3.49. The zero-order valence-electron chi connectivity index (χ0n) is 10.1. The number of carbonyl (C=O) groups is 1. The highest BCUT2D eigenvalue weighted by Gasteiger charge is 1.97. The molecule has 1 amide bonds. The van der Waals surface area contributed by atoms with Gasteiger partial charge in [-0.15, -0.1) is 0 Å². The summed E-state index contributed by atoms with van der Waals surface area (Å²) >= 11 is 0. The largest absolute Gasteiger partial charge is 0.497 e. The SMILES string of the molecule is COc1ccc2cc(C#CCC(N)=O)ccc2c1. The standard InChI is InChI=1S/C15H13NO2/c1-18-14-8-7-12-9-11(3-2-4-15(16)17)5-6-13(12)10-14/h5-10H,4H2,1H3,(H2,16,17). The van der Waals surface area contributed by atoms with Crippen LogP contribution in [0.4, 0.5) is 0 Å². The van der Waals surface area contributed by atoms with Gasteiger partial charge in [-0.05, 0) is 35.0 Å². The fraction of sp³-hybridized carbons (Fsp3) is 0.133. The third-order valence-corrected chi connectivity index (χ3v) is 2.54. The number of methoxy groups -OCH3 is 1. The fourth-order valence-corrected chi connectivity index (χ4v) is 1.66. The average molecular weight is 239 g/mol. The van der Waals surface area contributed by atoms with Crippen LogP contribution in [0.2, 0.25) is 0 Å². The highest BCUT2D eigenvalue weighted by atomic mass is 16.5. The van der Waals surface area contributed by atoms with Crippen molar-refractivity contribution in [1.29, 1.82) is 0 Å². The van der Waals surface area contributed by atoms with Crippen LogP contribution in [0.25, 0.3) is 10.8 Å². The van der Waals surface area contributed by atoms with Crippen molar-refractivity contribution in [2.45, 2.75) is 6.42 Å². The first-order valence-corrected chi connectivity index (χ1v) is 5.54. The molecular formula is C15H13NO2. The van der Waals surface area contributed by atoms with Crippen LogP contribution in [-0.4, -0.2) is 13.0 Å². The Bertz CT molecular complexity index is 650. The van der Waals surface area contributed by atoms with Gasteiger partial charge in [0.15, 0.2) is 0 Å². The molecular weight excluding hydrogens is 226 g/mol. The molecule has 2 rings (SSSR count). The summed E-state index contributed by atoms with van der Waals surface area (Å²) in [5.41, 5.74) is 5.89. The zero-order chi connectivity index (χ0) is 13.0. The molecule has 3 heteroatoms. The number of fused-ring (bicyclic) bond motifs is 1. The van der Waals surface area contributed by atoms with Crippen LogP contribution in [0.3, 0.4) is 0 Å². The van der Waals surface area contributed by atoms with Crippen molar-refractivity contribution in [2.24, 2.45) is 5.73 Å². The van der Waals surface area contributed by atoms with Crippen LogP contribution in [0.1, 0.15) is 12.0 Å². The lowest BCUT2D eigenvalue weighted by molar-refractivity contribution is -0.117. The Morgan fingerprint density at radius 3 is 2.67 bits per heavy atom. The van der Waals surface area contributed by atoms with Crippen molar-refractivity contribution in [3.05, 3.63) is 42.0 Å². The lowest BCUT2D eigenvalue weighted by atomic mass is 10.1. The summed E-state index contributed by atoms with van der Waals surface area (Å²) < 4.78 is 5.16. The zero-order valence-corrected chi connectivity index (χ0v) is 10.1. The maximum atomic E-state index is 10.6. The minimum Gasteiger partial charge on any atom is -0.497 e. The van der Waals surface area contributed by atoms with E-state index in [4.69, 9.17) is 10.5 Å². The Morgan fingerprint density at radius 1 is 1.22 bits per heavy atom. The highest BCUT2D eigenvalue weighted by Crippen LogP contribution is 2.21. The van der Waals surface area contributed by atoms with Crippen molar-refractivity contribution in [2.75, 3.05) is 7.11 Å². The molecule has 2 aromatic carbocycles. The van der Waals surface area contributed by atoms with Gasteiger partial charge in [-0.1, -0.05) is 24.0 Å². The fourth-order valence-electron chi connectivity index (χ4n) is 1.66. The van der Waals surface area contributed by atoms with Crippen molar-refractivity contribution in [1.82, 2.24) is 0 Å². The van der Waals surface area contributed by atoms with Gasteiger partial charge < -0.3 is 10.5 Å². The van der Waals surface area contributed by atoms with Crippen molar-refractivity contribution in [3.63, 3.8) is 0 Å². The molecule has 2 N–H and O–H groups in total. The summed E-state index contributed by atoms with van der Waals surface area (Å²) in [5.74, 6) is 6.07. The van der Waals surface area contributed by atoms with E-state index in [0.29, 0.717) is 0 Å². The molecule has 0 saturated heterocycles. The van der Waals surface area contributed by atoms with Gasteiger partial charge in [0, 0.05) is 5.56 Å². The van der Waals surface area contributed by atoms with E-state index in [0.717, 1.165) is 22.1 Å². The molecule has 0 aromatic heterocycles. The molecule has 0 bridgehead atoms. The van der Waals surface area contributed by atoms with E-state index in [9.17, 15) is 4.79 Å². The summed E-state index contributed by atoms with van der Waals surface area (Å²) in [7, 11) is 1.64. The number of primary amides is 1. The van der Waals surface area contributed by atoms with Crippen molar-refractivity contribution < 1.29 is 9.53 Å². The number of carbonyl (C=O) groups excluding carboxylic acids is 1. The first-order chi connectivity index (χ1) is 8.69. The summed E-state index contributed by atoms with van der Waals surface area (Å²) in [6.45, 7) is 0. The number of nitrogens with two attached hydrogens (primary N) is 1. The third-order valence-electron chi connectivity index (χ3n) is 2.54. The maximum absolute atomic E-state index is 10.6. The highest BCUT2D eigenvalue weighted by molar-refractivity contribution is 5.85. The molecule has 0 radical (unpaired) electrons. The summed E-state index contributed by atoms with van der Waals surface area (Å²) in [6.07, 6.45) is 0.0840. The second-order valence-electron chi connectivity index (χ2n) is 3.87. The van der Waals surface area contributed by atoms with E-state index in [1.807, 2.05) is 36.4 Å². The summed E-state index contributed by atoms with van der Waals surface area (Å²) in [4.78, 5) is 10.6. The normalized spacial score (nSPS) is 9.61. The molecule has 0 aliphatic carbocycles. The third kappa shape index (κ3) is 2.80. The number of hydrogen-bond acceptors (Lipinski definition) is 2. The molecule has 0 saturated carbocycles. The number of hydrogen-bond donors (Lipinski definition) is 1. The van der Waals surface area contributed by atoms with Gasteiger partial charge in [0.1, 0.15) is 5.75 Å². The topological polar surface area (TPSA) is 52.3 Å². The molecule has 0 aliphatic rings. The monoisotopic (exact) mass is 239 g/mol. The van der Waals surface area contributed by atoms with Crippen LogP contribution >= 0.6 is 0 Å². The summed E-state index contributed by atoms with van der Waals surface area (Å²) in [6, 6.07) is 11.7. The van der Waals surface area contributed by atoms with E-state index in [1.54, 1.807) is 7.11 Å². The van der Waals surface area contributed by atoms with E-state index in [1.165, 1.54) is 0 Å². The second-order valence-corrected chi connectivity index (χ2v) is 3.87. The first-order valence-electron chi connectivity index (χ1n) is 5.54. The Hall–Kier alpha value is -2.47. The molecule has 0 fully saturated rings. The minimum atomic E-state index is -0.409. The average Bonchev–Trinajstić information content (AvgIpc) is 2.37. The molecule has 90 valence electrons. The number of ether oxygens (including phenoxy) is 1. The van der Waals surface area contributed by atoms with Crippen molar-refractivity contribution >= 4 is 16.7 Å². The molecule has 3 nitrogen and oxygen atoms in total. The van der Waals surface area contributed by atoms with Gasteiger partial charge in [-0.25, -0.2) is 0 Å². The number of benzene rings is 2. The van der Waals surface area contributed by atoms with E-state index in [2.05, 4.69) is 11.8 Å². The van der Waals surface area contributed by atoms with Crippen LogP contribution in [-0.2, 0) is 4.79 Å². The second kappa shape index (κ2) is 5.24. The minimum absolute atomic E-state index is 0.0840. The number of rotatable bonds is 2. The van der Waals surface area contributed by atoms with E-state index >= 15 is 0 Å². The quantitative estimate of drug-likeness (QED) is 0.816. The number of amides is 1. The Labute approximate surface area is 106 Å². The van der Waals surface area contributed by atoms with Gasteiger partial charge in [-0.2, -0.15) is 0 Å². The van der Waals surface area contributed by atoms with Crippen LogP contribution in [0.15, 0.2) is 36.4 Å². The van der Waals surface area contributed by atoms with Crippen LogP contribution in [0, 0.1) is 11.8 Å². The molecule has 0 spiro atoms. The van der Waals surface area contributed by atoms with Gasteiger partial charge in [0.05, 0.1) is 13.5 Å². The predicted octanol–water partition coefficient (Wildman–Crippen LogP) is 2.08. The van der Waals surface area contributed by atoms with Gasteiger partial charge in [0.2, 0.25) is 5.91 Å². The predicted molar refractivity (Wildman–Crippen MR) is 71.2 cm³/mol. The van der Waals surface area contributed by atoms with Crippen LogP contribution in [0.5, 0.6) is 5.75 Å².